The van der Waals surface area contributed by atoms with Crippen molar-refractivity contribution >= 4 is 17.5 Å². The minimum Gasteiger partial charge on any atom is -0.419 e. The van der Waals surface area contributed by atoms with E-state index in [0.29, 0.717) is 29.8 Å². The summed E-state index contributed by atoms with van der Waals surface area (Å²) >= 11 is 5.96. The van der Waals surface area contributed by atoms with Crippen LogP contribution in [0.1, 0.15) is 35.7 Å². The van der Waals surface area contributed by atoms with Crippen molar-refractivity contribution in [1.29, 1.82) is 0 Å². The number of hydrogen-bond acceptors (Lipinski definition) is 5. The Balaban J connectivity index is 1.34. The minimum absolute atomic E-state index is 0.0440. The molecule has 4 aromatic rings. The molecule has 0 radical (unpaired) electrons. The quantitative estimate of drug-likeness (QED) is 0.390. The van der Waals surface area contributed by atoms with Crippen LogP contribution in [-0.2, 0) is 17.8 Å². The molecule has 0 atom stereocenters. The van der Waals surface area contributed by atoms with E-state index in [9.17, 15) is 4.79 Å². The van der Waals surface area contributed by atoms with Crippen molar-refractivity contribution in [2.24, 2.45) is 0 Å². The van der Waals surface area contributed by atoms with Gasteiger partial charge in [0, 0.05) is 27.9 Å². The van der Waals surface area contributed by atoms with Crippen molar-refractivity contribution in [3.8, 4) is 17.1 Å². The minimum atomic E-state index is 0.0440. The third-order valence-corrected chi connectivity index (χ3v) is 6.19. The summed E-state index contributed by atoms with van der Waals surface area (Å²) in [6.45, 7) is 4.26. The van der Waals surface area contributed by atoms with Gasteiger partial charge in [0.2, 0.25) is 17.7 Å². The average molecular weight is 462 g/mol. The summed E-state index contributed by atoms with van der Waals surface area (Å²) < 4.78 is 7.75. The summed E-state index contributed by atoms with van der Waals surface area (Å²) in [7, 11) is 0. The van der Waals surface area contributed by atoms with Crippen LogP contribution in [0.2, 0.25) is 5.02 Å². The van der Waals surface area contributed by atoms with Gasteiger partial charge in [0.25, 0.3) is 0 Å². The highest BCUT2D eigenvalue weighted by atomic mass is 35.5. The number of aryl methyl sites for hydroxylation is 1. The van der Waals surface area contributed by atoms with E-state index in [0.717, 1.165) is 41.0 Å². The van der Waals surface area contributed by atoms with Crippen molar-refractivity contribution in [2.75, 3.05) is 0 Å². The molecule has 0 saturated heterocycles. The monoisotopic (exact) mass is 461 g/mol. The number of carbonyl (C=O) groups excluding carboxylic acids is 1. The van der Waals surface area contributed by atoms with E-state index in [1.165, 1.54) is 0 Å². The second-order valence-corrected chi connectivity index (χ2v) is 8.77. The lowest BCUT2D eigenvalue weighted by molar-refractivity contribution is -0.132. The Bertz CT molecular complexity index is 1280. The van der Waals surface area contributed by atoms with Crippen LogP contribution in [0.3, 0.4) is 0 Å². The van der Waals surface area contributed by atoms with Crippen molar-refractivity contribution in [3.63, 3.8) is 0 Å². The Hall–Kier alpha value is -3.45. The van der Waals surface area contributed by atoms with Gasteiger partial charge in [-0.05, 0) is 63.1 Å². The number of rotatable bonds is 7. The smallest absolute Gasteiger partial charge is 0.247 e. The fourth-order valence-electron chi connectivity index (χ4n) is 3.98. The lowest BCUT2D eigenvalue weighted by atomic mass is 10.1. The molecule has 1 aliphatic rings. The Morgan fingerprint density at radius 3 is 2.52 bits per heavy atom. The van der Waals surface area contributed by atoms with Crippen molar-refractivity contribution in [3.05, 3.63) is 82.5 Å². The molecule has 1 aliphatic carbocycles. The molecule has 1 amide bonds. The maximum Gasteiger partial charge on any atom is 0.247 e. The van der Waals surface area contributed by atoms with Gasteiger partial charge in [0.05, 0.1) is 24.3 Å². The molecule has 2 aromatic heterocycles. The number of aromatic nitrogens is 4. The van der Waals surface area contributed by atoms with E-state index in [1.54, 1.807) is 12.1 Å². The molecule has 1 saturated carbocycles. The molecule has 7 nitrogen and oxygen atoms in total. The lowest BCUT2D eigenvalue weighted by Crippen LogP contribution is -2.34. The van der Waals surface area contributed by atoms with E-state index in [-0.39, 0.29) is 11.9 Å². The highest BCUT2D eigenvalue weighted by Gasteiger charge is 2.34. The van der Waals surface area contributed by atoms with Gasteiger partial charge in [-0.3, -0.25) is 4.79 Å². The molecular formula is C25H24ClN5O2. The number of amides is 1. The summed E-state index contributed by atoms with van der Waals surface area (Å²) in [4.78, 5) is 15.2. The van der Waals surface area contributed by atoms with E-state index in [2.05, 4.69) is 15.3 Å². The summed E-state index contributed by atoms with van der Waals surface area (Å²) in [5, 5.41) is 13.6. The zero-order valence-corrected chi connectivity index (χ0v) is 19.3. The van der Waals surface area contributed by atoms with Crippen LogP contribution in [0, 0.1) is 13.8 Å². The van der Waals surface area contributed by atoms with Crippen LogP contribution in [0.5, 0.6) is 0 Å². The fraction of sp³-hybridized carbons (Fsp3) is 0.280. The standard InChI is InChI=1S/C25H24ClN5O2/c1-16-22(17(2)31(29-16)21-6-4-3-5-7-21)14-24(32)30(20-12-13-20)15-23-27-28-25(33-23)18-8-10-19(26)11-9-18/h3-11,20H,12-15H2,1-2H3. The molecule has 0 unspecified atom stereocenters. The van der Waals surface area contributed by atoms with Gasteiger partial charge in [0.15, 0.2) is 0 Å². The molecule has 1 fully saturated rings. The van der Waals surface area contributed by atoms with E-state index in [4.69, 9.17) is 16.0 Å². The highest BCUT2D eigenvalue weighted by Crippen LogP contribution is 2.30. The van der Waals surface area contributed by atoms with Gasteiger partial charge < -0.3 is 9.32 Å². The number of benzene rings is 2. The third-order valence-electron chi connectivity index (χ3n) is 5.94. The molecule has 0 spiro atoms. The topological polar surface area (TPSA) is 77.1 Å². The van der Waals surface area contributed by atoms with E-state index in [1.807, 2.05) is 65.9 Å². The molecule has 2 aromatic carbocycles. The van der Waals surface area contributed by atoms with E-state index < -0.39 is 0 Å². The molecule has 168 valence electrons. The van der Waals surface area contributed by atoms with Gasteiger partial charge >= 0.3 is 0 Å². The zero-order valence-electron chi connectivity index (χ0n) is 18.5. The predicted molar refractivity (Wildman–Crippen MR) is 125 cm³/mol. The first kappa shape index (κ1) is 21.4. The number of para-hydroxylation sites is 1. The first-order valence-corrected chi connectivity index (χ1v) is 11.4. The lowest BCUT2D eigenvalue weighted by Gasteiger charge is -2.20. The molecule has 0 bridgehead atoms. The SMILES string of the molecule is Cc1nn(-c2ccccc2)c(C)c1CC(=O)N(Cc1nnc(-c2ccc(Cl)cc2)o1)C1CC1. The molecule has 2 heterocycles. The van der Waals surface area contributed by atoms with Gasteiger partial charge in [-0.2, -0.15) is 5.10 Å². The van der Waals surface area contributed by atoms with Gasteiger partial charge in [-0.15, -0.1) is 10.2 Å². The second kappa shape index (κ2) is 8.83. The largest absolute Gasteiger partial charge is 0.419 e. The van der Waals surface area contributed by atoms with Crippen LogP contribution < -0.4 is 0 Å². The second-order valence-electron chi connectivity index (χ2n) is 8.33. The average Bonchev–Trinajstić information content (AvgIpc) is 3.50. The third kappa shape index (κ3) is 4.54. The van der Waals surface area contributed by atoms with E-state index >= 15 is 0 Å². The van der Waals surface area contributed by atoms with Crippen LogP contribution in [-0.4, -0.2) is 36.8 Å². The fourth-order valence-corrected chi connectivity index (χ4v) is 4.11. The van der Waals surface area contributed by atoms with Crippen molar-refractivity contribution < 1.29 is 9.21 Å². The first-order valence-electron chi connectivity index (χ1n) is 11.0. The van der Waals surface area contributed by atoms with Crippen molar-refractivity contribution in [2.45, 2.75) is 45.7 Å². The summed E-state index contributed by atoms with van der Waals surface area (Å²) in [6.07, 6.45) is 2.27. The normalized spacial score (nSPS) is 13.3. The molecule has 0 N–H and O–H groups in total. The number of carbonyl (C=O) groups is 1. The Kier molecular flexibility index (Phi) is 5.72. The van der Waals surface area contributed by atoms with Crippen LogP contribution in [0.25, 0.3) is 17.1 Å². The number of halogens is 1. The van der Waals surface area contributed by atoms with Crippen LogP contribution in [0.4, 0.5) is 0 Å². The van der Waals surface area contributed by atoms with Crippen LogP contribution in [0.15, 0.2) is 59.0 Å². The molecule has 33 heavy (non-hydrogen) atoms. The molecule has 8 heteroatoms. The zero-order chi connectivity index (χ0) is 22.9. The number of hydrogen-bond donors (Lipinski definition) is 0. The van der Waals surface area contributed by atoms with Crippen LogP contribution >= 0.6 is 11.6 Å². The summed E-state index contributed by atoms with van der Waals surface area (Å²) in [6, 6.07) is 17.4. The molecule has 0 aliphatic heterocycles. The Morgan fingerprint density at radius 1 is 1.09 bits per heavy atom. The highest BCUT2D eigenvalue weighted by molar-refractivity contribution is 6.30. The molecule has 5 rings (SSSR count). The Morgan fingerprint density at radius 2 is 1.82 bits per heavy atom. The predicted octanol–water partition coefficient (Wildman–Crippen LogP) is 4.93. The molecular weight excluding hydrogens is 438 g/mol. The maximum absolute atomic E-state index is 13.3. The van der Waals surface area contributed by atoms with Gasteiger partial charge in [0.1, 0.15) is 0 Å². The first-order chi connectivity index (χ1) is 16.0. The van der Waals surface area contributed by atoms with Gasteiger partial charge in [-0.25, -0.2) is 4.68 Å². The summed E-state index contributed by atoms with van der Waals surface area (Å²) in [5.41, 5.74) is 4.58. The maximum atomic E-state index is 13.3. The number of nitrogens with zero attached hydrogens (tertiary/aromatic N) is 5. The van der Waals surface area contributed by atoms with Gasteiger partial charge in [-0.1, -0.05) is 29.8 Å². The Labute approximate surface area is 197 Å². The summed E-state index contributed by atoms with van der Waals surface area (Å²) in [5.74, 6) is 0.886. The van der Waals surface area contributed by atoms with Crippen molar-refractivity contribution in [1.82, 2.24) is 24.9 Å².